The number of fused-ring (bicyclic) bond motifs is 1. The third kappa shape index (κ3) is 31.7. The first-order chi connectivity index (χ1) is 57.5. The number of aliphatic carboxylic acids is 1. The summed E-state index contributed by atoms with van der Waals surface area (Å²) in [6.45, 7) is 10.8. The van der Waals surface area contributed by atoms with Gasteiger partial charge in [-0.25, -0.2) is 9.59 Å². The van der Waals surface area contributed by atoms with Gasteiger partial charge in [-0.15, -0.1) is 0 Å². The van der Waals surface area contributed by atoms with Crippen molar-refractivity contribution < 1.29 is 86.9 Å². The number of hydrogen-bond acceptors (Lipinski definition) is 19. The molecule has 2 aliphatic rings. The van der Waals surface area contributed by atoms with Crippen molar-refractivity contribution in [1.29, 1.82) is 0 Å². The number of carbonyl (C=O) groups excluding carboxylic acids is 15. The molecule has 37 heteroatoms. The van der Waals surface area contributed by atoms with Gasteiger partial charge in [0.15, 0.2) is 0 Å². The number of halogens is 1. The van der Waals surface area contributed by atoms with E-state index in [1.165, 1.54) is 79.7 Å². The van der Waals surface area contributed by atoms with Crippen molar-refractivity contribution in [3.8, 4) is 0 Å². The highest BCUT2D eigenvalue weighted by molar-refractivity contribution is 6.30. The Hall–Kier alpha value is -13.0. The highest BCUT2D eigenvalue weighted by atomic mass is 35.5. The molecule has 2 aliphatic heterocycles. The first kappa shape index (κ1) is 95.2. The number of aliphatic hydroxyl groups excluding tert-OH is 1. The molecule has 0 bridgehead atoms. The molecule has 0 saturated carbocycles. The van der Waals surface area contributed by atoms with Gasteiger partial charge in [0.1, 0.15) is 66.5 Å². The van der Waals surface area contributed by atoms with E-state index in [1.54, 1.807) is 50.2 Å². The van der Waals surface area contributed by atoms with Crippen LogP contribution >= 0.6 is 11.6 Å². The summed E-state index contributed by atoms with van der Waals surface area (Å²) >= 11 is 6.27. The number of hydrogen-bond donors (Lipinski definition) is 18. The smallest absolute Gasteiger partial charge is 0.322 e. The Morgan fingerprint density at radius 1 is 0.537 bits per heavy atom. The lowest BCUT2D eigenvalue weighted by atomic mass is 9.99. The van der Waals surface area contributed by atoms with Crippen LogP contribution in [0.15, 0.2) is 140 Å². The molecule has 3 heterocycles. The molecule has 121 heavy (non-hydrogen) atoms. The maximum atomic E-state index is 15.5. The zero-order valence-corrected chi connectivity index (χ0v) is 69.0. The molecule has 0 aliphatic carbocycles. The number of benzene rings is 5. The summed E-state index contributed by atoms with van der Waals surface area (Å²) < 4.78 is 0. The van der Waals surface area contributed by atoms with Gasteiger partial charge in [-0.05, 0) is 139 Å². The quantitative estimate of drug-likeness (QED) is 0.0242. The molecule has 2 fully saturated rings. The number of urea groups is 2. The van der Waals surface area contributed by atoms with E-state index in [9.17, 15) is 62.6 Å². The van der Waals surface area contributed by atoms with E-state index >= 15 is 14.4 Å². The number of aromatic nitrogens is 1. The first-order valence-corrected chi connectivity index (χ1v) is 40.0. The summed E-state index contributed by atoms with van der Waals surface area (Å²) in [4.78, 5) is 222. The average molecular weight is 1690 g/mol. The van der Waals surface area contributed by atoms with Crippen LogP contribution in [0.1, 0.15) is 121 Å². The van der Waals surface area contributed by atoms with Gasteiger partial charge < -0.3 is 95.7 Å². The molecule has 1 unspecified atom stereocenters. The fraction of sp³-hybridized carbons (Fsp3) is 0.417. The summed E-state index contributed by atoms with van der Waals surface area (Å²) in [5, 5.41) is 57.8. The zero-order valence-electron chi connectivity index (χ0n) is 68.2. The molecule has 6 aromatic rings. The molecule has 0 radical (unpaired) electrons. The van der Waals surface area contributed by atoms with Crippen molar-refractivity contribution >= 4 is 129 Å². The van der Waals surface area contributed by atoms with Crippen LogP contribution in [0.25, 0.3) is 10.8 Å². The highest BCUT2D eigenvalue weighted by Gasteiger charge is 2.41. The predicted octanol–water partition coefficient (Wildman–Crippen LogP) is 1.61. The molecular formula is C84H107ClN18O18. The second-order valence-electron chi connectivity index (χ2n) is 30.3. The van der Waals surface area contributed by atoms with Crippen LogP contribution in [-0.4, -0.2) is 207 Å². The number of unbranched alkanes of at least 4 members (excludes halogenated alkanes) is 1. The third-order valence-corrected chi connectivity index (χ3v) is 19.7. The van der Waals surface area contributed by atoms with Crippen molar-refractivity contribution in [3.05, 3.63) is 173 Å². The monoisotopic (exact) mass is 1690 g/mol. The van der Waals surface area contributed by atoms with Crippen LogP contribution in [-0.2, 0) is 99.2 Å². The van der Waals surface area contributed by atoms with Gasteiger partial charge >= 0.3 is 12.1 Å². The number of amides is 17. The number of carbonyl (C=O) groups is 16. The standard InChI is InChI=1S/C82H103ClN18O16.C2H4O2/c1-45(2)35-60(72(107)92-59(16-9-10-33-87-46(3)4)80(115)101-34-12-17-68(101)79(114)88-47(5)70(84)105)93-74(109)63(38-51-23-30-58(31-24-51)91-81(85)116)95-76(111)64(39-50-21-28-57(29-22-50)90-71(106)66-42-69(104)100-82(117)99-66)97-78(113)67(44-102)98-77(112)65(41-53-13-11-32-86-43-53)96-75(110)62(37-49-19-26-56(83)27-20-49)94-73(108)61(89-48(6)103)40-52-18-25-54-14-7-8-15-55(54)36-52;1-2(3)4/h7-8,11,13-15,18-32,36,43,45-47,59-68,87,102H,9-10,12,16-17,33-35,37-42,44H2,1-6H3,(H2,84,105)(H,88,114)(H,89,103)(H,90,106)(H,92,107)(H,93,109)(H,94,108)(H,95,111)(H,96,110)(H,97,113)(H,98,112)(H3,85,91,116)(H2,99,100,104,117);1H3,(H,3,4)/t47-,59+,60+,61-,62-,63-,64+,65-,66-,67+,68?;/m1./s1. The topological polar surface area (TPSA) is 550 Å². The van der Waals surface area contributed by atoms with E-state index < -0.39 is 174 Å². The van der Waals surface area contributed by atoms with E-state index in [0.717, 1.165) is 17.7 Å². The Morgan fingerprint density at radius 2 is 1.01 bits per heavy atom. The summed E-state index contributed by atoms with van der Waals surface area (Å²) in [7, 11) is 0. The van der Waals surface area contributed by atoms with Gasteiger partial charge in [0, 0.05) is 87.3 Å². The van der Waals surface area contributed by atoms with Gasteiger partial charge in [-0.3, -0.25) is 77.4 Å². The Balaban J connectivity index is 0.00000493. The zero-order chi connectivity index (χ0) is 88.6. The first-order valence-electron chi connectivity index (χ1n) is 39.6. The number of anilines is 2. The van der Waals surface area contributed by atoms with E-state index in [2.05, 4.69) is 74.1 Å². The van der Waals surface area contributed by atoms with Crippen LogP contribution in [0.2, 0.25) is 5.02 Å². The number of aliphatic hydroxyl groups is 1. The SMILES string of the molecule is CC(=O)N[C@H](Cc1ccc2ccccc2c1)C(=O)N[C@H](Cc1ccc(Cl)cc1)C(=O)N[C@H](Cc1cccnc1)C(=O)N[C@@H](CO)C(=O)N[C@@H](Cc1ccc(NC(=O)[C@H]2CC(=O)NC(=O)N2)cc1)C(=O)N[C@H](Cc1ccc(NC(N)=O)cc1)C(=O)N[C@@H](CC(C)C)C(=O)N[C@@H](CCCCNC(C)C)C(=O)N1CCCC1C(=O)N[C@H](C)C(N)=O.CC(=O)O. The predicted molar refractivity (Wildman–Crippen MR) is 447 cm³/mol. The molecule has 8 rings (SSSR count). The van der Waals surface area contributed by atoms with Gasteiger partial charge in [-0.1, -0.05) is 124 Å². The van der Waals surface area contributed by atoms with Crippen LogP contribution < -0.4 is 85.9 Å². The number of primary amides is 2. The maximum absolute atomic E-state index is 15.5. The number of likely N-dealkylation sites (tertiary alicyclic amines) is 1. The largest absolute Gasteiger partial charge is 0.481 e. The number of rotatable bonds is 41. The van der Waals surface area contributed by atoms with Crippen molar-refractivity contribution in [1.82, 2.24) is 73.7 Å². The Bertz CT molecular complexity index is 4640. The minimum atomic E-state index is -1.92. The van der Waals surface area contributed by atoms with E-state index in [-0.39, 0.29) is 86.8 Å². The van der Waals surface area contributed by atoms with Crippen LogP contribution in [0, 0.1) is 5.92 Å². The second-order valence-corrected chi connectivity index (χ2v) is 30.7. The van der Waals surface area contributed by atoms with Gasteiger partial charge in [0.25, 0.3) is 5.97 Å². The molecular weight excluding hydrogens is 1580 g/mol. The lowest BCUT2D eigenvalue weighted by Crippen LogP contribution is -2.62. The number of carboxylic acids is 1. The molecule has 648 valence electrons. The Morgan fingerprint density at radius 3 is 1.50 bits per heavy atom. The van der Waals surface area contributed by atoms with Crippen molar-refractivity contribution in [2.24, 2.45) is 17.4 Å². The van der Waals surface area contributed by atoms with Crippen LogP contribution in [0.3, 0.4) is 0 Å². The van der Waals surface area contributed by atoms with Crippen LogP contribution in [0.4, 0.5) is 21.0 Å². The molecule has 17 amide bonds. The number of nitrogens with two attached hydrogens (primary N) is 2. The molecule has 5 aromatic carbocycles. The van der Waals surface area contributed by atoms with Crippen LogP contribution in [0.5, 0.6) is 0 Å². The lowest BCUT2D eigenvalue weighted by molar-refractivity contribution is -0.142. The normalized spacial score (nSPS) is 15.8. The second kappa shape index (κ2) is 47.0. The van der Waals surface area contributed by atoms with Gasteiger partial charge in [0.05, 0.1) is 13.0 Å². The minimum Gasteiger partial charge on any atom is -0.481 e. The summed E-state index contributed by atoms with van der Waals surface area (Å²) in [6, 6.07) is 17.3. The maximum Gasteiger partial charge on any atom is 0.322 e. The Kier molecular flexibility index (Phi) is 37.0. The van der Waals surface area contributed by atoms with Crippen molar-refractivity contribution in [2.45, 2.75) is 198 Å². The summed E-state index contributed by atoms with van der Waals surface area (Å²) in [5.74, 6) is -11.8. The van der Waals surface area contributed by atoms with E-state index in [1.807, 2.05) is 61.6 Å². The van der Waals surface area contributed by atoms with E-state index in [4.69, 9.17) is 33.0 Å². The summed E-state index contributed by atoms with van der Waals surface area (Å²) in [6.07, 6.45) is 3.04. The molecule has 2 saturated heterocycles. The van der Waals surface area contributed by atoms with E-state index in [0.29, 0.717) is 53.1 Å². The fourth-order valence-electron chi connectivity index (χ4n) is 13.4. The Labute approximate surface area is 704 Å². The molecule has 11 atom stereocenters. The number of nitrogens with zero attached hydrogens (tertiary/aromatic N) is 2. The highest BCUT2D eigenvalue weighted by Crippen LogP contribution is 2.24. The van der Waals surface area contributed by atoms with Crippen molar-refractivity contribution in [2.75, 3.05) is 30.3 Å². The number of pyridine rings is 1. The lowest BCUT2D eigenvalue weighted by Gasteiger charge is -2.31. The average Bonchev–Trinajstić information content (AvgIpc) is 1.46. The molecule has 0 spiro atoms. The summed E-state index contributed by atoms with van der Waals surface area (Å²) in [5.41, 5.74) is 13.6. The number of carboxylic acid groups (broad SMARTS) is 1. The fourth-order valence-corrected chi connectivity index (χ4v) is 13.5. The third-order valence-electron chi connectivity index (χ3n) is 19.4. The molecule has 1 aromatic heterocycles. The van der Waals surface area contributed by atoms with Gasteiger partial charge in [-0.2, -0.15) is 0 Å². The minimum absolute atomic E-state index is 0.00410. The molecule has 20 N–H and O–H groups in total. The molecule has 36 nitrogen and oxygen atoms in total. The number of nitrogens with one attached hydrogen (secondary N) is 14. The number of imide groups is 1. The van der Waals surface area contributed by atoms with Gasteiger partial charge in [0.2, 0.25) is 76.8 Å². The van der Waals surface area contributed by atoms with Crippen molar-refractivity contribution in [3.63, 3.8) is 0 Å².